The van der Waals surface area contributed by atoms with Gasteiger partial charge < -0.3 is 19.9 Å². The molecule has 0 saturated heterocycles. The Morgan fingerprint density at radius 1 is 1.16 bits per heavy atom. The molecule has 1 amide bonds. The number of ether oxygens (including phenoxy) is 1. The Bertz CT molecular complexity index is 646. The van der Waals surface area contributed by atoms with Gasteiger partial charge in [-0.05, 0) is 44.5 Å². The van der Waals surface area contributed by atoms with Gasteiger partial charge in [0.15, 0.2) is 0 Å². The van der Waals surface area contributed by atoms with Crippen LogP contribution in [-0.2, 0) is 17.8 Å². The molecule has 1 aromatic carbocycles. The minimum Gasteiger partial charge on any atom is -0.489 e. The molecule has 1 aromatic heterocycles. The number of hydrogen-bond acceptors (Lipinski definition) is 5. The van der Waals surface area contributed by atoms with E-state index in [2.05, 4.69) is 22.7 Å². The summed E-state index contributed by atoms with van der Waals surface area (Å²) < 4.78 is 10.9. The molecule has 136 valence electrons. The molecule has 0 bridgehead atoms. The highest BCUT2D eigenvalue weighted by molar-refractivity contribution is 5.78. The van der Waals surface area contributed by atoms with Crippen LogP contribution in [0.4, 0.5) is 0 Å². The van der Waals surface area contributed by atoms with Gasteiger partial charge in [-0.25, -0.2) is 0 Å². The summed E-state index contributed by atoms with van der Waals surface area (Å²) in [6.45, 7) is 8.74. The summed E-state index contributed by atoms with van der Waals surface area (Å²) in [6, 6.07) is 7.59. The number of nitrogens with zero attached hydrogens (tertiary/aromatic N) is 1. The van der Waals surface area contributed by atoms with E-state index in [1.54, 1.807) is 0 Å². The van der Waals surface area contributed by atoms with Crippen molar-refractivity contribution >= 4 is 5.91 Å². The predicted molar refractivity (Wildman–Crippen MR) is 96.6 cm³/mol. The van der Waals surface area contributed by atoms with Gasteiger partial charge in [0.1, 0.15) is 18.1 Å². The first kappa shape index (κ1) is 19.0. The molecule has 2 N–H and O–H groups in total. The largest absolute Gasteiger partial charge is 0.489 e. The summed E-state index contributed by atoms with van der Waals surface area (Å²) in [7, 11) is 0. The number of carbonyl (C=O) groups excluding carboxylic acids is 1. The van der Waals surface area contributed by atoms with Crippen LogP contribution in [0.3, 0.4) is 0 Å². The second kappa shape index (κ2) is 9.84. The second-order valence-electron chi connectivity index (χ2n) is 6.01. The van der Waals surface area contributed by atoms with E-state index in [4.69, 9.17) is 9.26 Å². The number of benzene rings is 1. The molecule has 25 heavy (non-hydrogen) atoms. The molecular weight excluding hydrogens is 318 g/mol. The number of hydrogen-bond donors (Lipinski definition) is 2. The second-order valence-corrected chi connectivity index (χ2v) is 6.01. The van der Waals surface area contributed by atoms with Gasteiger partial charge in [0.25, 0.3) is 0 Å². The Morgan fingerprint density at radius 3 is 2.56 bits per heavy atom. The number of amides is 1. The summed E-state index contributed by atoms with van der Waals surface area (Å²) in [4.78, 5) is 11.9. The highest BCUT2D eigenvalue weighted by Crippen LogP contribution is 2.18. The standard InChI is InChI=1S/C19H27N3O3/c1-4-9-20-10-11-21-19(23)12-16-5-7-17(8-6-16)24-13-18-14(2)22-25-15(18)3/h5-8,20H,4,9-13H2,1-3H3,(H,21,23). The molecular formula is C19H27N3O3. The molecule has 6 nitrogen and oxygen atoms in total. The van der Waals surface area contributed by atoms with Gasteiger partial charge >= 0.3 is 0 Å². The SMILES string of the molecule is CCCNCCNC(=O)Cc1ccc(OCc2c(C)noc2C)cc1. The van der Waals surface area contributed by atoms with Crippen molar-refractivity contribution in [3.05, 3.63) is 46.8 Å². The topological polar surface area (TPSA) is 76.4 Å². The number of rotatable bonds is 10. The summed E-state index contributed by atoms with van der Waals surface area (Å²) in [6.07, 6.45) is 1.47. The van der Waals surface area contributed by atoms with Gasteiger partial charge in [-0.1, -0.05) is 24.2 Å². The molecule has 2 aromatic rings. The fraction of sp³-hybridized carbons (Fsp3) is 0.474. The maximum Gasteiger partial charge on any atom is 0.224 e. The quantitative estimate of drug-likeness (QED) is 0.647. The van der Waals surface area contributed by atoms with E-state index in [0.717, 1.165) is 47.8 Å². The van der Waals surface area contributed by atoms with E-state index in [0.29, 0.717) is 19.6 Å². The lowest BCUT2D eigenvalue weighted by Crippen LogP contribution is -2.32. The molecule has 2 rings (SSSR count). The van der Waals surface area contributed by atoms with E-state index < -0.39 is 0 Å². The molecule has 0 spiro atoms. The van der Waals surface area contributed by atoms with Gasteiger partial charge in [-0.3, -0.25) is 4.79 Å². The maximum absolute atomic E-state index is 11.9. The number of carbonyl (C=O) groups is 1. The first-order chi connectivity index (χ1) is 12.1. The zero-order valence-electron chi connectivity index (χ0n) is 15.2. The van der Waals surface area contributed by atoms with E-state index in [1.165, 1.54) is 0 Å². The average Bonchev–Trinajstić information content (AvgIpc) is 2.92. The lowest BCUT2D eigenvalue weighted by molar-refractivity contribution is -0.120. The lowest BCUT2D eigenvalue weighted by atomic mass is 10.1. The summed E-state index contributed by atoms with van der Waals surface area (Å²) in [5.74, 6) is 1.56. The Balaban J connectivity index is 1.75. The summed E-state index contributed by atoms with van der Waals surface area (Å²) >= 11 is 0. The Kier molecular flexibility index (Phi) is 7.47. The van der Waals surface area contributed by atoms with Crippen LogP contribution in [-0.4, -0.2) is 30.7 Å². The van der Waals surface area contributed by atoms with Gasteiger partial charge in [-0.2, -0.15) is 0 Å². The molecule has 0 unspecified atom stereocenters. The van der Waals surface area contributed by atoms with E-state index in [9.17, 15) is 4.79 Å². The third-order valence-corrected chi connectivity index (χ3v) is 3.90. The van der Waals surface area contributed by atoms with Crippen LogP contribution in [0, 0.1) is 13.8 Å². The molecule has 0 fully saturated rings. The molecule has 0 aliphatic rings. The van der Waals surface area contributed by atoms with Gasteiger partial charge in [0.2, 0.25) is 5.91 Å². The van der Waals surface area contributed by atoms with Crippen molar-refractivity contribution in [2.24, 2.45) is 0 Å². The number of nitrogens with one attached hydrogen (secondary N) is 2. The summed E-state index contributed by atoms with van der Waals surface area (Å²) in [5.41, 5.74) is 2.78. The van der Waals surface area contributed by atoms with Crippen molar-refractivity contribution in [2.75, 3.05) is 19.6 Å². The van der Waals surface area contributed by atoms with Crippen molar-refractivity contribution in [3.8, 4) is 5.75 Å². The van der Waals surface area contributed by atoms with Crippen molar-refractivity contribution < 1.29 is 14.1 Å². The third kappa shape index (κ3) is 6.23. The van der Waals surface area contributed by atoms with Crippen molar-refractivity contribution in [2.45, 2.75) is 40.2 Å². The summed E-state index contributed by atoms with van der Waals surface area (Å²) in [5, 5.41) is 10.1. The van der Waals surface area contributed by atoms with Crippen molar-refractivity contribution in [1.82, 2.24) is 15.8 Å². The zero-order valence-corrected chi connectivity index (χ0v) is 15.2. The van der Waals surface area contributed by atoms with Crippen LogP contribution in [0.15, 0.2) is 28.8 Å². The third-order valence-electron chi connectivity index (χ3n) is 3.90. The van der Waals surface area contributed by atoms with Gasteiger partial charge in [-0.15, -0.1) is 0 Å². The molecule has 1 heterocycles. The van der Waals surface area contributed by atoms with Crippen LogP contribution in [0.5, 0.6) is 5.75 Å². The lowest BCUT2D eigenvalue weighted by Gasteiger charge is -2.08. The molecule has 0 aliphatic heterocycles. The van der Waals surface area contributed by atoms with Crippen LogP contribution in [0.2, 0.25) is 0 Å². The maximum atomic E-state index is 11.9. The zero-order chi connectivity index (χ0) is 18.1. The smallest absolute Gasteiger partial charge is 0.224 e. The minimum atomic E-state index is 0.0303. The first-order valence-electron chi connectivity index (χ1n) is 8.71. The van der Waals surface area contributed by atoms with E-state index in [1.807, 2.05) is 38.1 Å². The van der Waals surface area contributed by atoms with Crippen molar-refractivity contribution in [1.29, 1.82) is 0 Å². The fourth-order valence-corrected chi connectivity index (χ4v) is 2.41. The highest BCUT2D eigenvalue weighted by Gasteiger charge is 2.09. The average molecular weight is 345 g/mol. The molecule has 0 saturated carbocycles. The van der Waals surface area contributed by atoms with Crippen LogP contribution >= 0.6 is 0 Å². The van der Waals surface area contributed by atoms with E-state index >= 15 is 0 Å². The van der Waals surface area contributed by atoms with Crippen LogP contribution in [0.1, 0.15) is 35.9 Å². The Morgan fingerprint density at radius 2 is 1.92 bits per heavy atom. The number of aryl methyl sites for hydroxylation is 2. The first-order valence-corrected chi connectivity index (χ1v) is 8.71. The monoisotopic (exact) mass is 345 g/mol. The van der Waals surface area contributed by atoms with E-state index in [-0.39, 0.29) is 5.91 Å². The molecule has 0 aliphatic carbocycles. The molecule has 0 atom stereocenters. The highest BCUT2D eigenvalue weighted by atomic mass is 16.5. The van der Waals surface area contributed by atoms with Crippen LogP contribution < -0.4 is 15.4 Å². The van der Waals surface area contributed by atoms with Crippen LogP contribution in [0.25, 0.3) is 0 Å². The normalized spacial score (nSPS) is 10.7. The minimum absolute atomic E-state index is 0.0303. The van der Waals surface area contributed by atoms with Gasteiger partial charge in [0.05, 0.1) is 17.7 Å². The number of aromatic nitrogens is 1. The Labute approximate surface area is 148 Å². The van der Waals surface area contributed by atoms with Gasteiger partial charge in [0, 0.05) is 13.1 Å². The van der Waals surface area contributed by atoms with Crippen molar-refractivity contribution in [3.63, 3.8) is 0 Å². The molecule has 0 radical (unpaired) electrons. The Hall–Kier alpha value is -2.34. The predicted octanol–water partition coefficient (Wildman–Crippen LogP) is 2.53. The fourth-order valence-electron chi connectivity index (χ4n) is 2.41. The molecule has 6 heteroatoms.